The molecule has 0 fully saturated rings. The molecule has 4 rings (SSSR count). The minimum atomic E-state index is -4.17. The van der Waals surface area contributed by atoms with Crippen LogP contribution in [0.5, 0.6) is 0 Å². The summed E-state index contributed by atoms with van der Waals surface area (Å²) in [7, 11) is -2.65. The number of amides is 2. The average Bonchev–Trinajstić information content (AvgIpc) is 2.98. The molecule has 0 heterocycles. The Morgan fingerprint density at radius 3 is 2.14 bits per heavy atom. The number of sulfonamides is 1. The molecule has 7 nitrogen and oxygen atoms in total. The van der Waals surface area contributed by atoms with E-state index in [9.17, 15) is 18.0 Å². The highest BCUT2D eigenvalue weighted by Gasteiger charge is 2.34. The van der Waals surface area contributed by atoms with Crippen LogP contribution in [0.15, 0.2) is 112 Å². The van der Waals surface area contributed by atoms with E-state index in [-0.39, 0.29) is 29.5 Å². The van der Waals surface area contributed by atoms with Gasteiger partial charge in [-0.1, -0.05) is 87.7 Å². The van der Waals surface area contributed by atoms with E-state index < -0.39 is 28.5 Å². The Labute approximate surface area is 260 Å². The number of halogens is 2. The van der Waals surface area contributed by atoms with Gasteiger partial charge in [0.2, 0.25) is 11.8 Å². The number of hydrogen-bond donors (Lipinski definition) is 1. The maximum absolute atomic E-state index is 14.3. The Hall–Kier alpha value is -3.66. The highest BCUT2D eigenvalue weighted by atomic mass is 79.9. The topological polar surface area (TPSA) is 86.8 Å². The predicted molar refractivity (Wildman–Crippen MR) is 170 cm³/mol. The molecule has 218 valence electrons. The van der Waals surface area contributed by atoms with Gasteiger partial charge >= 0.3 is 0 Å². The van der Waals surface area contributed by atoms with Crippen LogP contribution in [0, 0.1) is 6.92 Å². The molecule has 0 aromatic heterocycles. The number of rotatable bonds is 11. The monoisotopic (exact) mass is 667 g/mol. The predicted octanol–water partition coefficient (Wildman–Crippen LogP) is 5.99. The van der Waals surface area contributed by atoms with Gasteiger partial charge in [-0.05, 0) is 66.6 Å². The summed E-state index contributed by atoms with van der Waals surface area (Å²) in [5.41, 5.74) is 2.81. The van der Waals surface area contributed by atoms with Gasteiger partial charge < -0.3 is 10.2 Å². The van der Waals surface area contributed by atoms with Crippen LogP contribution < -0.4 is 9.62 Å². The molecular formula is C32H31BrClN3O4S. The summed E-state index contributed by atoms with van der Waals surface area (Å²) in [6.45, 7) is 1.42. The Morgan fingerprint density at radius 2 is 1.52 bits per heavy atom. The quantitative estimate of drug-likeness (QED) is 0.213. The third-order valence-electron chi connectivity index (χ3n) is 6.76. The van der Waals surface area contributed by atoms with Gasteiger partial charge in [0.1, 0.15) is 12.6 Å². The number of aryl methyl sites for hydroxylation is 1. The minimum Gasteiger partial charge on any atom is -0.357 e. The molecular weight excluding hydrogens is 638 g/mol. The number of benzene rings is 4. The molecule has 0 bridgehead atoms. The van der Waals surface area contributed by atoms with Crippen LogP contribution in [0.4, 0.5) is 5.69 Å². The zero-order chi connectivity index (χ0) is 30.3. The molecule has 0 aliphatic heterocycles. The maximum Gasteiger partial charge on any atom is 0.264 e. The van der Waals surface area contributed by atoms with Crippen LogP contribution in [0.25, 0.3) is 0 Å². The summed E-state index contributed by atoms with van der Waals surface area (Å²) in [5.74, 6) is -0.897. The van der Waals surface area contributed by atoms with Crippen molar-refractivity contribution in [2.75, 3.05) is 17.9 Å². The van der Waals surface area contributed by atoms with Crippen molar-refractivity contribution >= 4 is 55.1 Å². The average molecular weight is 669 g/mol. The summed E-state index contributed by atoms with van der Waals surface area (Å²) < 4.78 is 29.8. The second-order valence-electron chi connectivity index (χ2n) is 9.77. The lowest BCUT2D eigenvalue weighted by molar-refractivity contribution is -0.139. The van der Waals surface area contributed by atoms with Crippen molar-refractivity contribution in [2.45, 2.75) is 30.8 Å². The van der Waals surface area contributed by atoms with Gasteiger partial charge in [-0.15, -0.1) is 0 Å². The number of carbonyl (C=O) groups excluding carboxylic acids is 2. The lowest BCUT2D eigenvalue weighted by atomic mass is 10.0. The summed E-state index contributed by atoms with van der Waals surface area (Å²) in [6.07, 6.45) is 0.242. The van der Waals surface area contributed by atoms with Crippen LogP contribution in [0.3, 0.4) is 0 Å². The van der Waals surface area contributed by atoms with Crippen LogP contribution in [-0.2, 0) is 32.6 Å². The van der Waals surface area contributed by atoms with E-state index in [0.29, 0.717) is 5.02 Å². The highest BCUT2D eigenvalue weighted by Crippen LogP contribution is 2.27. The van der Waals surface area contributed by atoms with E-state index in [1.165, 1.54) is 24.1 Å². The SMILES string of the molecule is CNC(=O)[C@H](Cc1ccccc1)N(Cc1cccc(Br)c1)C(=O)CN(c1ccc(Cl)cc1)S(=O)(=O)c1ccc(C)cc1. The molecule has 4 aromatic rings. The second-order valence-corrected chi connectivity index (χ2v) is 13.0. The molecule has 0 aliphatic carbocycles. The molecule has 2 amide bonds. The number of nitrogens with zero attached hydrogens (tertiary/aromatic N) is 2. The van der Waals surface area contributed by atoms with Crippen molar-refractivity contribution in [1.82, 2.24) is 10.2 Å². The van der Waals surface area contributed by atoms with Crippen molar-refractivity contribution in [1.29, 1.82) is 0 Å². The third-order valence-corrected chi connectivity index (χ3v) is 9.30. The fourth-order valence-electron chi connectivity index (χ4n) is 4.53. The Kier molecular flexibility index (Phi) is 10.4. The van der Waals surface area contributed by atoms with Crippen molar-refractivity contribution in [3.8, 4) is 0 Å². The van der Waals surface area contributed by atoms with Gasteiger partial charge in [-0.3, -0.25) is 13.9 Å². The molecule has 4 aromatic carbocycles. The van der Waals surface area contributed by atoms with E-state index in [0.717, 1.165) is 25.5 Å². The van der Waals surface area contributed by atoms with Crippen molar-refractivity contribution < 1.29 is 18.0 Å². The number of hydrogen-bond acceptors (Lipinski definition) is 4. The maximum atomic E-state index is 14.3. The van der Waals surface area contributed by atoms with Crippen LogP contribution in [0.1, 0.15) is 16.7 Å². The van der Waals surface area contributed by atoms with Gasteiger partial charge in [-0.25, -0.2) is 8.42 Å². The first kappa shape index (κ1) is 31.3. The van der Waals surface area contributed by atoms with E-state index in [4.69, 9.17) is 11.6 Å². The summed E-state index contributed by atoms with van der Waals surface area (Å²) in [6, 6.07) is 28.6. The number of carbonyl (C=O) groups is 2. The Balaban J connectivity index is 1.78. The molecule has 1 atom stereocenters. The molecule has 1 N–H and O–H groups in total. The highest BCUT2D eigenvalue weighted by molar-refractivity contribution is 9.10. The Bertz CT molecular complexity index is 1630. The first-order valence-corrected chi connectivity index (χ1v) is 15.8. The first-order chi connectivity index (χ1) is 20.1. The minimum absolute atomic E-state index is 0.0431. The number of anilines is 1. The first-order valence-electron chi connectivity index (χ1n) is 13.2. The Morgan fingerprint density at radius 1 is 0.881 bits per heavy atom. The smallest absolute Gasteiger partial charge is 0.264 e. The number of nitrogens with one attached hydrogen (secondary N) is 1. The van der Waals surface area contributed by atoms with Gasteiger partial charge in [0.15, 0.2) is 0 Å². The van der Waals surface area contributed by atoms with Crippen molar-refractivity contribution in [3.63, 3.8) is 0 Å². The lowest BCUT2D eigenvalue weighted by Gasteiger charge is -2.33. The molecule has 0 spiro atoms. The number of likely N-dealkylation sites (N-methyl/N-ethyl adjacent to an activating group) is 1. The van der Waals surface area contributed by atoms with Crippen LogP contribution in [0.2, 0.25) is 5.02 Å². The fraction of sp³-hybridized carbons (Fsp3) is 0.188. The lowest BCUT2D eigenvalue weighted by Crippen LogP contribution is -2.53. The van der Waals surface area contributed by atoms with Crippen LogP contribution >= 0.6 is 27.5 Å². The van der Waals surface area contributed by atoms with E-state index >= 15 is 0 Å². The van der Waals surface area contributed by atoms with Crippen molar-refractivity contribution in [2.24, 2.45) is 0 Å². The molecule has 0 saturated carbocycles. The standard InChI is InChI=1S/C32H31BrClN3O4S/c1-23-11-17-29(18-12-23)42(40,41)37(28-15-13-27(34)14-16-28)22-31(38)36(21-25-9-6-10-26(33)19-25)30(32(39)35-2)20-24-7-4-3-5-8-24/h3-19,30H,20-22H2,1-2H3,(H,35,39)/t30-/m0/s1. The molecule has 0 unspecified atom stereocenters. The summed E-state index contributed by atoms with van der Waals surface area (Å²) in [5, 5.41) is 3.11. The summed E-state index contributed by atoms with van der Waals surface area (Å²) in [4.78, 5) is 29.1. The van der Waals surface area contributed by atoms with Gasteiger partial charge in [0, 0.05) is 29.5 Å². The second kappa shape index (κ2) is 14.0. The van der Waals surface area contributed by atoms with Gasteiger partial charge in [0.05, 0.1) is 10.6 Å². The van der Waals surface area contributed by atoms with Gasteiger partial charge in [0.25, 0.3) is 10.0 Å². The van der Waals surface area contributed by atoms with E-state index in [1.54, 1.807) is 36.4 Å². The molecule has 0 radical (unpaired) electrons. The van der Waals surface area contributed by atoms with Crippen LogP contribution in [-0.4, -0.2) is 44.8 Å². The normalized spacial score (nSPS) is 11.9. The molecule has 0 saturated heterocycles. The van der Waals surface area contributed by atoms with Gasteiger partial charge in [-0.2, -0.15) is 0 Å². The molecule has 42 heavy (non-hydrogen) atoms. The zero-order valence-corrected chi connectivity index (χ0v) is 26.4. The fourth-order valence-corrected chi connectivity index (χ4v) is 6.51. The van der Waals surface area contributed by atoms with E-state index in [1.807, 2.05) is 61.5 Å². The van der Waals surface area contributed by atoms with E-state index in [2.05, 4.69) is 21.2 Å². The zero-order valence-electron chi connectivity index (χ0n) is 23.2. The largest absolute Gasteiger partial charge is 0.357 e. The molecule has 0 aliphatic rings. The molecule has 10 heteroatoms. The third kappa shape index (κ3) is 7.79. The summed E-state index contributed by atoms with van der Waals surface area (Å²) >= 11 is 9.58. The van der Waals surface area contributed by atoms with Crippen molar-refractivity contribution in [3.05, 3.63) is 129 Å².